The van der Waals surface area contributed by atoms with E-state index >= 15 is 0 Å². The van der Waals surface area contributed by atoms with Crippen molar-refractivity contribution in [2.24, 2.45) is 0 Å². The van der Waals surface area contributed by atoms with Gasteiger partial charge in [0.2, 0.25) is 0 Å². The molecule has 0 rings (SSSR count). The van der Waals surface area contributed by atoms with Crippen LogP contribution in [0, 0.1) is 0 Å². The number of rotatable bonds is 11. The quantitative estimate of drug-likeness (QED) is 0.0998. The van der Waals surface area contributed by atoms with Gasteiger partial charge in [-0.15, -0.1) is 0 Å². The number of carbonyl (C=O) groups excluding carboxylic acids is 1. The monoisotopic (exact) mass is 522 g/mol. The van der Waals surface area contributed by atoms with Crippen LogP contribution in [0.5, 0.6) is 0 Å². The Balaban J connectivity index is 0. The van der Waals surface area contributed by atoms with Gasteiger partial charge in [-0.05, 0) is 0 Å². The molecule has 0 aromatic rings. The van der Waals surface area contributed by atoms with Crippen LogP contribution >= 0.6 is 0 Å². The molecule has 0 unspecified atom stereocenters. The minimum Gasteiger partial charge on any atom is -0.542 e. The molecule has 0 spiro atoms. The van der Waals surface area contributed by atoms with E-state index in [9.17, 15) is 75.8 Å². The van der Waals surface area contributed by atoms with Crippen molar-refractivity contribution in [1.29, 1.82) is 0 Å². The van der Waals surface area contributed by atoms with Crippen LogP contribution in [-0.4, -0.2) is 61.1 Å². The van der Waals surface area contributed by atoms with Gasteiger partial charge < -0.3 is 19.4 Å². The first-order chi connectivity index (χ1) is 13.3. The minimum atomic E-state index is -8.40. The van der Waals surface area contributed by atoms with Crippen LogP contribution in [0.3, 0.4) is 0 Å². The number of carboxylic acids is 1. The van der Waals surface area contributed by atoms with E-state index in [-0.39, 0.29) is 29.6 Å². The molecular weight excluding hydrogens is 516 g/mol. The molecule has 0 atom stereocenters. The van der Waals surface area contributed by atoms with Crippen LogP contribution in [0.1, 0.15) is 0 Å². The van der Waals surface area contributed by atoms with Gasteiger partial charge in [0, 0.05) is 0 Å². The minimum absolute atomic E-state index is 0. The summed E-state index contributed by atoms with van der Waals surface area (Å²) in [5, 5.41) is 10.1. The molecule has 20 heteroatoms. The summed E-state index contributed by atoms with van der Waals surface area (Å²) in [6.07, 6.45) is -7.68. The summed E-state index contributed by atoms with van der Waals surface area (Å²) >= 11 is 0. The molecule has 0 aliphatic carbocycles. The third kappa shape index (κ3) is 5.35. The molecule has 0 saturated heterocycles. The number of alkyl halides is 15. The zero-order chi connectivity index (χ0) is 25.5. The maximum Gasteiger partial charge on any atom is 1.00 e. The number of hydrogen-bond donors (Lipinski definition) is 0. The second-order valence-electron chi connectivity index (χ2n) is 5.40. The first-order valence-corrected chi connectivity index (χ1v) is 6.77. The van der Waals surface area contributed by atoms with E-state index < -0.39 is 66.8 Å². The van der Waals surface area contributed by atoms with Crippen LogP contribution in [0.2, 0.25) is 0 Å². The van der Waals surface area contributed by atoms with E-state index in [4.69, 9.17) is 0 Å². The Morgan fingerprint density at radius 3 is 1.38 bits per heavy atom. The smallest absolute Gasteiger partial charge is 0.542 e. The Kier molecular flexibility index (Phi) is 9.98. The number of halogens is 15. The first-order valence-electron chi connectivity index (χ1n) is 6.77. The number of carbonyl (C=O) groups is 1. The van der Waals surface area contributed by atoms with E-state index in [2.05, 4.69) is 16.1 Å². The zero-order valence-electron chi connectivity index (χ0n) is 14.9. The molecule has 0 radical (unpaired) electrons. The van der Waals surface area contributed by atoms with Crippen LogP contribution in [-0.2, 0) is 14.3 Å². The van der Waals surface area contributed by atoms with Crippen molar-refractivity contribution in [3.63, 3.8) is 0 Å². The van der Waals surface area contributed by atoms with Crippen molar-refractivity contribution in [3.05, 3.63) is 12.3 Å². The molecule has 0 bridgehead atoms. The van der Waals surface area contributed by atoms with Gasteiger partial charge in [-0.25, -0.2) is 0 Å². The Bertz CT molecular complexity index is 688. The molecule has 0 aliphatic heterocycles. The molecule has 0 N–H and O–H groups in total. The van der Waals surface area contributed by atoms with Gasteiger partial charge in [-0.2, -0.15) is 65.9 Å². The SMILES string of the molecule is C=C(OCOCC(F)(F)C(F)(F)C(F)(F)C(F)(F)C(F)(F)C(F)(F)C(F)(F)F)C(=O)[O-].[Na+]. The van der Waals surface area contributed by atoms with Crippen molar-refractivity contribution in [1.82, 2.24) is 0 Å². The summed E-state index contributed by atoms with van der Waals surface area (Å²) in [6.45, 7) is -2.42. The van der Waals surface area contributed by atoms with Gasteiger partial charge in [-0.1, -0.05) is 6.58 Å². The van der Waals surface area contributed by atoms with E-state index in [1.165, 1.54) is 0 Å². The maximum absolute atomic E-state index is 13.3. The van der Waals surface area contributed by atoms with Crippen molar-refractivity contribution < 1.29 is 115 Å². The molecule has 0 aromatic carbocycles. The van der Waals surface area contributed by atoms with Gasteiger partial charge in [0.1, 0.15) is 18.3 Å². The molecule has 4 nitrogen and oxygen atoms in total. The first kappa shape index (κ1) is 33.1. The maximum atomic E-state index is 13.3. The number of aliphatic carboxylic acids is 1. The van der Waals surface area contributed by atoms with Gasteiger partial charge >= 0.3 is 71.3 Å². The summed E-state index contributed by atoms with van der Waals surface area (Å²) in [5.74, 6) is -51.0. The number of carboxylic acid groups (broad SMARTS) is 1. The summed E-state index contributed by atoms with van der Waals surface area (Å²) < 4.78 is 200. The normalized spacial score (nSPS) is 14.6. The van der Waals surface area contributed by atoms with Crippen molar-refractivity contribution in [2.75, 3.05) is 13.4 Å². The summed E-state index contributed by atoms with van der Waals surface area (Å²) in [5.41, 5.74) is 0. The Morgan fingerprint density at radius 2 is 1.03 bits per heavy atom. The van der Waals surface area contributed by atoms with Gasteiger partial charge in [0.05, 0.1) is 0 Å². The third-order valence-corrected chi connectivity index (χ3v) is 3.22. The number of hydrogen-bond acceptors (Lipinski definition) is 4. The van der Waals surface area contributed by atoms with Crippen molar-refractivity contribution in [3.8, 4) is 0 Å². The average Bonchev–Trinajstić information content (AvgIpc) is 2.56. The predicted octanol–water partition coefficient (Wildman–Crippen LogP) is 0.619. The molecule has 0 saturated carbocycles. The zero-order valence-corrected chi connectivity index (χ0v) is 16.9. The fourth-order valence-corrected chi connectivity index (χ4v) is 1.43. The van der Waals surface area contributed by atoms with E-state index in [0.29, 0.717) is 0 Å². The van der Waals surface area contributed by atoms with Crippen LogP contribution < -0.4 is 34.7 Å². The molecular formula is C12H6F15NaO4. The average molecular weight is 522 g/mol. The van der Waals surface area contributed by atoms with Crippen LogP contribution in [0.4, 0.5) is 65.9 Å². The topological polar surface area (TPSA) is 58.6 Å². The Hall–Kier alpha value is -1.08. The summed E-state index contributed by atoms with van der Waals surface area (Å²) in [6, 6.07) is 0. The molecule has 0 aromatic heterocycles. The van der Waals surface area contributed by atoms with E-state index in [1.807, 2.05) is 0 Å². The Morgan fingerprint density at radius 1 is 0.688 bits per heavy atom. The van der Waals surface area contributed by atoms with Crippen LogP contribution in [0.25, 0.3) is 0 Å². The van der Waals surface area contributed by atoms with Gasteiger partial charge in [0.25, 0.3) is 0 Å². The predicted molar refractivity (Wildman–Crippen MR) is 61.8 cm³/mol. The summed E-state index contributed by atoms with van der Waals surface area (Å²) in [4.78, 5) is 10.1. The van der Waals surface area contributed by atoms with Gasteiger partial charge in [-0.3, -0.25) is 0 Å². The fraction of sp³-hybridized carbons (Fsp3) is 0.750. The molecule has 0 heterocycles. The van der Waals surface area contributed by atoms with E-state index in [1.54, 1.807) is 0 Å². The third-order valence-electron chi connectivity index (χ3n) is 3.22. The molecule has 32 heavy (non-hydrogen) atoms. The molecule has 0 fully saturated rings. The fourth-order valence-electron chi connectivity index (χ4n) is 1.43. The van der Waals surface area contributed by atoms with Crippen LogP contribution in [0.15, 0.2) is 12.3 Å². The largest absolute Gasteiger partial charge is 1.00 e. The van der Waals surface area contributed by atoms with Crippen molar-refractivity contribution in [2.45, 2.75) is 41.7 Å². The second kappa shape index (κ2) is 9.65. The van der Waals surface area contributed by atoms with E-state index in [0.717, 1.165) is 0 Å². The second-order valence-corrected chi connectivity index (χ2v) is 5.40. The Labute approximate surface area is 188 Å². The summed E-state index contributed by atoms with van der Waals surface area (Å²) in [7, 11) is 0. The molecule has 0 aliphatic rings. The van der Waals surface area contributed by atoms with Crippen molar-refractivity contribution >= 4 is 5.97 Å². The standard InChI is InChI=1S/C12H7F15O4.Na/c1-4(5(28)29)31-3-30-2-6(13,14)7(15,16)8(17,18)9(19,20)10(21,22)11(23,24)12(25,26)27;/h1-3H2,(H,28,29);/q;+1/p-1. The van der Waals surface area contributed by atoms with Gasteiger partial charge in [0.15, 0.2) is 6.79 Å². The molecule has 184 valence electrons. The molecule has 0 amide bonds. The number of ether oxygens (including phenoxy) is 2.